The molecule has 2 unspecified atom stereocenters. The van der Waals surface area contributed by atoms with Crippen LogP contribution < -0.4 is 5.32 Å². The van der Waals surface area contributed by atoms with E-state index < -0.39 is 5.76 Å². The van der Waals surface area contributed by atoms with Gasteiger partial charge in [0, 0.05) is 16.6 Å². The highest BCUT2D eigenvalue weighted by atomic mass is 32.2. The molecule has 21 heavy (non-hydrogen) atoms. The van der Waals surface area contributed by atoms with Crippen molar-refractivity contribution in [2.45, 2.75) is 62.6 Å². The van der Waals surface area contributed by atoms with Gasteiger partial charge in [0.1, 0.15) is 0 Å². The van der Waals surface area contributed by atoms with Crippen LogP contribution in [0, 0.1) is 11.8 Å². The molecule has 1 aliphatic rings. The highest BCUT2D eigenvalue weighted by Crippen LogP contribution is 2.32. The van der Waals surface area contributed by atoms with Gasteiger partial charge in [0.25, 0.3) is 5.76 Å². The number of benzene rings is 1. The molecule has 0 radical (unpaired) electrons. The van der Waals surface area contributed by atoms with E-state index >= 15 is 0 Å². The summed E-state index contributed by atoms with van der Waals surface area (Å²) in [6, 6.07) is 7.89. The summed E-state index contributed by atoms with van der Waals surface area (Å²) in [4.78, 5) is 0.622. The third-order valence-electron chi connectivity index (χ3n) is 4.04. The van der Waals surface area contributed by atoms with E-state index in [4.69, 9.17) is 0 Å². The molecule has 0 bridgehead atoms. The number of anilines is 1. The van der Waals surface area contributed by atoms with Crippen molar-refractivity contribution in [3.05, 3.63) is 24.3 Å². The Labute approximate surface area is 130 Å². The molecule has 1 N–H and O–H groups in total. The van der Waals surface area contributed by atoms with Crippen molar-refractivity contribution in [1.82, 2.24) is 0 Å². The van der Waals surface area contributed by atoms with Crippen molar-refractivity contribution < 1.29 is 8.78 Å². The first-order valence-electron chi connectivity index (χ1n) is 7.84. The lowest BCUT2D eigenvalue weighted by Crippen LogP contribution is -2.27. The lowest BCUT2D eigenvalue weighted by Gasteiger charge is -2.31. The van der Waals surface area contributed by atoms with Crippen LogP contribution in [0.25, 0.3) is 0 Å². The molecule has 2 atom stereocenters. The molecule has 0 aliphatic heterocycles. The van der Waals surface area contributed by atoms with E-state index in [0.717, 1.165) is 17.5 Å². The zero-order chi connectivity index (χ0) is 15.2. The smallest absolute Gasteiger partial charge is 0.288 e. The molecule has 118 valence electrons. The summed E-state index contributed by atoms with van der Waals surface area (Å²) < 4.78 is 24.6. The highest BCUT2D eigenvalue weighted by Gasteiger charge is 2.22. The molecular formula is C17H25F2NS. The molecule has 0 heterocycles. The van der Waals surface area contributed by atoms with E-state index in [9.17, 15) is 8.78 Å². The number of nitrogens with one attached hydrogen (secondary N) is 1. The Morgan fingerprint density at radius 1 is 1.19 bits per heavy atom. The third kappa shape index (κ3) is 5.85. The van der Waals surface area contributed by atoms with E-state index in [-0.39, 0.29) is 0 Å². The van der Waals surface area contributed by atoms with Gasteiger partial charge >= 0.3 is 0 Å². The fraction of sp³-hybridized carbons (Fsp3) is 0.647. The molecule has 0 spiro atoms. The first-order chi connectivity index (χ1) is 10.0. The van der Waals surface area contributed by atoms with Gasteiger partial charge in [-0.1, -0.05) is 38.5 Å². The number of halogens is 2. The molecule has 0 saturated heterocycles. The van der Waals surface area contributed by atoms with E-state index in [0.29, 0.717) is 22.7 Å². The fourth-order valence-corrected chi connectivity index (χ4v) is 3.77. The molecule has 1 fully saturated rings. The van der Waals surface area contributed by atoms with Gasteiger partial charge in [-0.15, -0.1) is 0 Å². The normalized spacial score (nSPS) is 22.8. The van der Waals surface area contributed by atoms with Crippen LogP contribution in [-0.4, -0.2) is 11.8 Å². The predicted octanol–water partition coefficient (Wildman–Crippen LogP) is 6.02. The maximum Gasteiger partial charge on any atom is 0.288 e. The molecule has 1 aliphatic carbocycles. The minimum absolute atomic E-state index is 0.524. The van der Waals surface area contributed by atoms with E-state index in [2.05, 4.69) is 19.2 Å². The van der Waals surface area contributed by atoms with Crippen LogP contribution in [0.1, 0.15) is 46.0 Å². The monoisotopic (exact) mass is 313 g/mol. The summed E-state index contributed by atoms with van der Waals surface area (Å²) in [6.45, 7) is 4.58. The number of hydrogen-bond acceptors (Lipinski definition) is 2. The minimum atomic E-state index is -2.35. The van der Waals surface area contributed by atoms with Crippen molar-refractivity contribution in [2.75, 3.05) is 5.32 Å². The Morgan fingerprint density at radius 3 is 2.52 bits per heavy atom. The Balaban J connectivity index is 1.86. The maximum atomic E-state index is 12.3. The average Bonchev–Trinajstić information content (AvgIpc) is 2.40. The second-order valence-electron chi connectivity index (χ2n) is 6.41. The molecule has 1 aromatic rings. The topological polar surface area (TPSA) is 12.0 Å². The first-order valence-corrected chi connectivity index (χ1v) is 8.72. The quantitative estimate of drug-likeness (QED) is 0.645. The lowest BCUT2D eigenvalue weighted by atomic mass is 9.81. The molecule has 0 aromatic heterocycles. The summed E-state index contributed by atoms with van der Waals surface area (Å²) in [6.07, 6.45) is 6.38. The van der Waals surface area contributed by atoms with Crippen LogP contribution in [0.5, 0.6) is 0 Å². The van der Waals surface area contributed by atoms with Crippen molar-refractivity contribution in [1.29, 1.82) is 0 Å². The third-order valence-corrected chi connectivity index (χ3v) is 4.76. The number of hydrogen-bond donors (Lipinski definition) is 1. The molecule has 4 heteroatoms. The minimum Gasteiger partial charge on any atom is -0.382 e. The highest BCUT2D eigenvalue weighted by molar-refractivity contribution is 7.99. The Morgan fingerprint density at radius 2 is 1.90 bits per heavy atom. The standard InChI is InChI=1S/C17H25F2NS/c1-12(2)10-13-4-3-5-15(11-13)20-14-6-8-16(9-7-14)21-17(18)19/h6-9,12-13,15,17,20H,3-5,10-11H2,1-2H3. The number of alkyl halides is 2. The lowest BCUT2D eigenvalue weighted by molar-refractivity contribution is 0.252. The number of thioether (sulfide) groups is 1. The van der Waals surface area contributed by atoms with E-state index in [1.54, 1.807) is 12.1 Å². The van der Waals surface area contributed by atoms with Crippen molar-refractivity contribution in [2.24, 2.45) is 11.8 Å². The molecule has 2 rings (SSSR count). The molecule has 0 amide bonds. The van der Waals surface area contributed by atoms with Crippen molar-refractivity contribution in [3.63, 3.8) is 0 Å². The average molecular weight is 313 g/mol. The second-order valence-corrected chi connectivity index (χ2v) is 7.47. The summed E-state index contributed by atoms with van der Waals surface area (Å²) >= 11 is 0.599. The Kier molecular flexibility index (Phi) is 6.34. The molecular weight excluding hydrogens is 288 g/mol. The van der Waals surface area contributed by atoms with Gasteiger partial charge in [0.05, 0.1) is 0 Å². The first kappa shape index (κ1) is 16.6. The van der Waals surface area contributed by atoms with Gasteiger partial charge in [0.2, 0.25) is 0 Å². The summed E-state index contributed by atoms with van der Waals surface area (Å²) in [5.74, 6) is -0.761. The SMILES string of the molecule is CC(C)CC1CCCC(Nc2ccc(SC(F)F)cc2)C1. The largest absolute Gasteiger partial charge is 0.382 e. The summed E-state index contributed by atoms with van der Waals surface area (Å²) in [7, 11) is 0. The number of rotatable bonds is 6. The Hall–Kier alpha value is -0.770. The van der Waals surface area contributed by atoms with E-state index in [1.165, 1.54) is 32.1 Å². The zero-order valence-electron chi connectivity index (χ0n) is 12.8. The van der Waals surface area contributed by atoms with Crippen LogP contribution in [-0.2, 0) is 0 Å². The second kappa shape index (κ2) is 8.02. The van der Waals surface area contributed by atoms with Crippen LogP contribution in [0.3, 0.4) is 0 Å². The van der Waals surface area contributed by atoms with Gasteiger partial charge in [-0.3, -0.25) is 0 Å². The summed E-state index contributed by atoms with van der Waals surface area (Å²) in [5, 5.41) is 3.57. The van der Waals surface area contributed by atoms with Crippen LogP contribution in [0.15, 0.2) is 29.2 Å². The van der Waals surface area contributed by atoms with Crippen LogP contribution in [0.2, 0.25) is 0 Å². The summed E-state index contributed by atoms with van der Waals surface area (Å²) in [5.41, 5.74) is 1.05. The maximum absolute atomic E-state index is 12.3. The van der Waals surface area contributed by atoms with Crippen molar-refractivity contribution in [3.8, 4) is 0 Å². The Bertz CT molecular complexity index is 419. The zero-order valence-corrected chi connectivity index (χ0v) is 13.6. The van der Waals surface area contributed by atoms with Gasteiger partial charge in [-0.05, 0) is 55.4 Å². The predicted molar refractivity (Wildman–Crippen MR) is 87.1 cm³/mol. The molecule has 1 nitrogen and oxygen atoms in total. The van der Waals surface area contributed by atoms with Crippen LogP contribution in [0.4, 0.5) is 14.5 Å². The van der Waals surface area contributed by atoms with Gasteiger partial charge in [-0.25, -0.2) is 0 Å². The van der Waals surface area contributed by atoms with Gasteiger partial charge in [0.15, 0.2) is 0 Å². The molecule has 1 aromatic carbocycles. The van der Waals surface area contributed by atoms with Gasteiger partial charge in [-0.2, -0.15) is 8.78 Å². The van der Waals surface area contributed by atoms with E-state index in [1.807, 2.05) is 12.1 Å². The van der Waals surface area contributed by atoms with Gasteiger partial charge < -0.3 is 5.32 Å². The fourth-order valence-electron chi connectivity index (χ4n) is 3.27. The van der Waals surface area contributed by atoms with Crippen LogP contribution >= 0.6 is 11.8 Å². The molecule has 1 saturated carbocycles. The van der Waals surface area contributed by atoms with Crippen molar-refractivity contribution >= 4 is 17.4 Å².